The summed E-state index contributed by atoms with van der Waals surface area (Å²) in [4.78, 5) is 5.86. The number of piperidine rings is 1. The third-order valence-electron chi connectivity index (χ3n) is 3.17. The Morgan fingerprint density at radius 3 is 2.72 bits per heavy atom. The van der Waals surface area contributed by atoms with Gasteiger partial charge in [0.25, 0.3) is 0 Å². The van der Waals surface area contributed by atoms with E-state index in [9.17, 15) is 13.2 Å². The monoisotopic (exact) mass is 278 g/mol. The van der Waals surface area contributed by atoms with E-state index in [1.165, 1.54) is 0 Å². The lowest BCUT2D eigenvalue weighted by Gasteiger charge is -2.34. The molecule has 1 aromatic heterocycles. The van der Waals surface area contributed by atoms with E-state index in [1.807, 2.05) is 0 Å². The maximum Gasteiger partial charge on any atom is 0.393 e. The molecule has 2 heterocycles. The van der Waals surface area contributed by atoms with Crippen LogP contribution in [0.2, 0.25) is 0 Å². The van der Waals surface area contributed by atoms with Crippen molar-refractivity contribution in [3.8, 4) is 0 Å². The molecule has 1 aliphatic heterocycles. The maximum atomic E-state index is 12.7. The van der Waals surface area contributed by atoms with E-state index < -0.39 is 12.1 Å². The number of halogens is 4. The van der Waals surface area contributed by atoms with Crippen LogP contribution in [-0.4, -0.2) is 24.2 Å². The van der Waals surface area contributed by atoms with Crippen LogP contribution in [0.3, 0.4) is 0 Å². The fourth-order valence-corrected chi connectivity index (χ4v) is 2.29. The number of hydrogen-bond donors (Lipinski definition) is 0. The van der Waals surface area contributed by atoms with E-state index in [4.69, 9.17) is 11.6 Å². The molecule has 1 aliphatic rings. The highest BCUT2D eigenvalue weighted by Gasteiger charge is 2.41. The van der Waals surface area contributed by atoms with Crippen LogP contribution in [0.4, 0.5) is 19.0 Å². The van der Waals surface area contributed by atoms with E-state index in [0.717, 1.165) is 5.56 Å². The van der Waals surface area contributed by atoms with Crippen molar-refractivity contribution in [2.24, 2.45) is 5.92 Å². The average molecular weight is 279 g/mol. The normalized spacial score (nSPS) is 21.1. The third kappa shape index (κ3) is 3.07. The molecule has 1 unspecified atom stereocenters. The molecule has 18 heavy (non-hydrogen) atoms. The summed E-state index contributed by atoms with van der Waals surface area (Å²) in [7, 11) is 0. The molecule has 6 heteroatoms. The van der Waals surface area contributed by atoms with Gasteiger partial charge in [0.05, 0.1) is 5.92 Å². The van der Waals surface area contributed by atoms with Crippen molar-refractivity contribution in [2.45, 2.75) is 24.9 Å². The van der Waals surface area contributed by atoms with E-state index in [-0.39, 0.29) is 13.0 Å². The Hall–Kier alpha value is -0.970. The first-order valence-corrected chi connectivity index (χ1v) is 6.36. The summed E-state index contributed by atoms with van der Waals surface area (Å²) >= 11 is 5.65. The topological polar surface area (TPSA) is 16.1 Å². The molecule has 2 rings (SSSR count). The number of alkyl halides is 4. The Kier molecular flexibility index (Phi) is 4.00. The van der Waals surface area contributed by atoms with E-state index in [2.05, 4.69) is 4.98 Å². The Morgan fingerprint density at radius 1 is 1.39 bits per heavy atom. The molecule has 0 amide bonds. The first kappa shape index (κ1) is 13.5. The second-order valence-electron chi connectivity index (χ2n) is 4.49. The van der Waals surface area contributed by atoms with Crippen molar-refractivity contribution in [3.63, 3.8) is 0 Å². The van der Waals surface area contributed by atoms with Gasteiger partial charge in [-0.05, 0) is 24.5 Å². The first-order valence-electron chi connectivity index (χ1n) is 5.83. The lowest BCUT2D eigenvalue weighted by molar-refractivity contribution is -0.176. The summed E-state index contributed by atoms with van der Waals surface area (Å²) in [5.74, 6) is -0.295. The predicted octanol–water partition coefficient (Wildman–Crippen LogP) is 3.60. The summed E-state index contributed by atoms with van der Waals surface area (Å²) in [5, 5.41) is 0. The van der Waals surface area contributed by atoms with Gasteiger partial charge in [0, 0.05) is 25.2 Å². The van der Waals surface area contributed by atoms with Crippen molar-refractivity contribution in [3.05, 3.63) is 23.9 Å². The first-order chi connectivity index (χ1) is 8.50. The Labute approximate surface area is 109 Å². The van der Waals surface area contributed by atoms with Crippen LogP contribution in [0.1, 0.15) is 18.4 Å². The van der Waals surface area contributed by atoms with Crippen molar-refractivity contribution in [2.75, 3.05) is 18.0 Å². The molecule has 1 saturated heterocycles. The minimum absolute atomic E-state index is 0.00325. The molecule has 1 aromatic rings. The van der Waals surface area contributed by atoms with Gasteiger partial charge >= 0.3 is 6.18 Å². The molecule has 0 spiro atoms. The van der Waals surface area contributed by atoms with Gasteiger partial charge in [-0.15, -0.1) is 11.6 Å². The molecule has 100 valence electrons. The predicted molar refractivity (Wildman–Crippen MR) is 64.8 cm³/mol. The SMILES string of the molecule is FC(F)(F)C1CCCN(c2ccc(CCl)cn2)C1. The maximum absolute atomic E-state index is 12.7. The van der Waals surface area contributed by atoms with E-state index >= 15 is 0 Å². The highest BCUT2D eigenvalue weighted by molar-refractivity contribution is 6.17. The molecular weight excluding hydrogens is 265 g/mol. The lowest BCUT2D eigenvalue weighted by Crippen LogP contribution is -2.42. The van der Waals surface area contributed by atoms with Crippen molar-refractivity contribution in [1.82, 2.24) is 4.98 Å². The quantitative estimate of drug-likeness (QED) is 0.769. The molecule has 2 nitrogen and oxygen atoms in total. The molecule has 0 radical (unpaired) electrons. The zero-order valence-corrected chi connectivity index (χ0v) is 10.5. The smallest absolute Gasteiger partial charge is 0.356 e. The standard InChI is InChI=1S/C12H14ClF3N2/c13-6-9-3-4-11(17-7-9)18-5-1-2-10(8-18)12(14,15)16/h3-4,7,10H,1-2,5-6,8H2. The largest absolute Gasteiger partial charge is 0.393 e. The number of anilines is 1. The van der Waals surface area contributed by atoms with Gasteiger partial charge in [-0.25, -0.2) is 4.98 Å². The zero-order valence-electron chi connectivity index (χ0n) is 9.75. The molecular formula is C12H14ClF3N2. The van der Waals surface area contributed by atoms with Crippen LogP contribution in [0.5, 0.6) is 0 Å². The van der Waals surface area contributed by atoms with E-state index in [1.54, 1.807) is 23.2 Å². The lowest BCUT2D eigenvalue weighted by atomic mass is 9.97. The summed E-state index contributed by atoms with van der Waals surface area (Å²) in [6, 6.07) is 3.53. The summed E-state index contributed by atoms with van der Waals surface area (Å²) < 4.78 is 38.1. The minimum atomic E-state index is -4.12. The number of aromatic nitrogens is 1. The number of nitrogens with zero attached hydrogens (tertiary/aromatic N) is 2. The average Bonchev–Trinajstić information content (AvgIpc) is 2.38. The van der Waals surface area contributed by atoms with Gasteiger partial charge in [-0.2, -0.15) is 13.2 Å². The molecule has 0 saturated carbocycles. The minimum Gasteiger partial charge on any atom is -0.356 e. The van der Waals surface area contributed by atoms with Gasteiger partial charge in [-0.1, -0.05) is 6.07 Å². The second-order valence-corrected chi connectivity index (χ2v) is 4.75. The van der Waals surface area contributed by atoms with Crippen molar-refractivity contribution >= 4 is 17.4 Å². The molecule has 0 N–H and O–H groups in total. The summed E-state index contributed by atoms with van der Waals surface area (Å²) in [6.07, 6.45) is -1.75. The van der Waals surface area contributed by atoms with Crippen LogP contribution in [0, 0.1) is 5.92 Å². The second kappa shape index (κ2) is 5.34. The van der Waals surface area contributed by atoms with Gasteiger partial charge < -0.3 is 4.90 Å². The van der Waals surface area contributed by atoms with Crippen molar-refractivity contribution in [1.29, 1.82) is 0 Å². The fraction of sp³-hybridized carbons (Fsp3) is 0.583. The Morgan fingerprint density at radius 2 is 2.17 bits per heavy atom. The zero-order chi connectivity index (χ0) is 13.2. The van der Waals surface area contributed by atoms with Crippen LogP contribution < -0.4 is 4.90 Å². The van der Waals surface area contributed by atoms with E-state index in [0.29, 0.717) is 24.7 Å². The molecule has 0 aromatic carbocycles. The van der Waals surface area contributed by atoms with Crippen LogP contribution in [0.25, 0.3) is 0 Å². The fourth-order valence-electron chi connectivity index (χ4n) is 2.14. The number of rotatable bonds is 2. The molecule has 1 atom stereocenters. The van der Waals surface area contributed by atoms with Crippen molar-refractivity contribution < 1.29 is 13.2 Å². The molecule has 1 fully saturated rings. The highest BCUT2D eigenvalue weighted by Crippen LogP contribution is 2.34. The highest BCUT2D eigenvalue weighted by atomic mass is 35.5. The van der Waals surface area contributed by atoms with Gasteiger partial charge in [0.2, 0.25) is 0 Å². The third-order valence-corrected chi connectivity index (χ3v) is 3.48. The van der Waals surface area contributed by atoms with Gasteiger partial charge in [0.1, 0.15) is 5.82 Å². The molecule has 0 aliphatic carbocycles. The number of pyridine rings is 1. The summed E-state index contributed by atoms with van der Waals surface area (Å²) in [6.45, 7) is 0.622. The van der Waals surface area contributed by atoms with Crippen LogP contribution in [0.15, 0.2) is 18.3 Å². The Balaban J connectivity index is 2.08. The van der Waals surface area contributed by atoms with Gasteiger partial charge in [-0.3, -0.25) is 0 Å². The summed E-state index contributed by atoms with van der Waals surface area (Å²) in [5.41, 5.74) is 0.866. The number of hydrogen-bond acceptors (Lipinski definition) is 2. The van der Waals surface area contributed by atoms with Crippen LogP contribution >= 0.6 is 11.6 Å². The molecule has 0 bridgehead atoms. The van der Waals surface area contributed by atoms with Gasteiger partial charge in [0.15, 0.2) is 0 Å². The van der Waals surface area contributed by atoms with Crippen LogP contribution in [-0.2, 0) is 5.88 Å². The Bertz CT molecular complexity index is 391.